The SMILES string of the molecule is Nc1cc(Cl)c(S(=O)(=O)Nc2cccc(F)c2F)c(Cl)c1. The van der Waals surface area contributed by atoms with Crippen LogP contribution in [0.25, 0.3) is 0 Å². The Morgan fingerprint density at radius 3 is 2.24 bits per heavy atom. The van der Waals surface area contributed by atoms with Crippen LogP contribution in [0.3, 0.4) is 0 Å². The Balaban J connectivity index is 2.51. The number of hydrogen-bond acceptors (Lipinski definition) is 3. The molecule has 0 heterocycles. The summed E-state index contributed by atoms with van der Waals surface area (Å²) in [6.45, 7) is 0. The summed E-state index contributed by atoms with van der Waals surface area (Å²) < 4.78 is 52.9. The van der Waals surface area contributed by atoms with Gasteiger partial charge in [-0.25, -0.2) is 17.2 Å². The number of nitrogen functional groups attached to an aromatic ring is 1. The monoisotopic (exact) mass is 352 g/mol. The molecule has 0 saturated heterocycles. The van der Waals surface area contributed by atoms with Crippen LogP contribution >= 0.6 is 23.2 Å². The van der Waals surface area contributed by atoms with E-state index >= 15 is 0 Å². The number of benzene rings is 2. The Morgan fingerprint density at radius 2 is 1.67 bits per heavy atom. The average Bonchev–Trinajstić information content (AvgIpc) is 2.33. The van der Waals surface area contributed by atoms with Gasteiger partial charge in [0.1, 0.15) is 4.90 Å². The first kappa shape index (κ1) is 15.8. The van der Waals surface area contributed by atoms with E-state index in [4.69, 9.17) is 28.9 Å². The Morgan fingerprint density at radius 1 is 1.10 bits per heavy atom. The maximum atomic E-state index is 13.5. The van der Waals surface area contributed by atoms with Gasteiger partial charge >= 0.3 is 0 Å². The highest BCUT2D eigenvalue weighted by Crippen LogP contribution is 2.33. The molecule has 0 unspecified atom stereocenters. The molecule has 0 saturated carbocycles. The second-order valence-electron chi connectivity index (χ2n) is 4.02. The third-order valence-electron chi connectivity index (χ3n) is 2.49. The molecule has 0 aliphatic rings. The third-order valence-corrected chi connectivity index (χ3v) is 4.77. The summed E-state index contributed by atoms with van der Waals surface area (Å²) in [5.41, 5.74) is 5.09. The number of hydrogen-bond donors (Lipinski definition) is 2. The Kier molecular flexibility index (Phi) is 4.27. The van der Waals surface area contributed by atoms with E-state index in [0.717, 1.165) is 18.2 Å². The molecule has 0 atom stereocenters. The number of nitrogens with two attached hydrogens (primary N) is 1. The Hall–Kier alpha value is -1.57. The zero-order chi connectivity index (χ0) is 15.8. The molecule has 0 radical (unpaired) electrons. The van der Waals surface area contributed by atoms with Gasteiger partial charge in [-0.2, -0.15) is 0 Å². The number of nitrogens with one attached hydrogen (secondary N) is 1. The van der Waals surface area contributed by atoms with E-state index in [1.807, 2.05) is 4.72 Å². The summed E-state index contributed by atoms with van der Waals surface area (Å²) in [5, 5.41) is -0.464. The lowest BCUT2D eigenvalue weighted by atomic mass is 10.3. The van der Waals surface area contributed by atoms with Crippen LogP contribution in [0, 0.1) is 11.6 Å². The van der Waals surface area contributed by atoms with Crippen LogP contribution in [0.5, 0.6) is 0 Å². The van der Waals surface area contributed by atoms with Gasteiger partial charge in [-0.3, -0.25) is 4.72 Å². The molecule has 3 N–H and O–H groups in total. The van der Waals surface area contributed by atoms with Crippen molar-refractivity contribution in [2.75, 3.05) is 10.5 Å². The first-order chi connectivity index (χ1) is 9.72. The van der Waals surface area contributed by atoms with E-state index in [9.17, 15) is 17.2 Å². The number of sulfonamides is 1. The van der Waals surface area contributed by atoms with Gasteiger partial charge in [0.25, 0.3) is 10.0 Å². The third kappa shape index (κ3) is 3.20. The highest BCUT2D eigenvalue weighted by Gasteiger charge is 2.24. The zero-order valence-electron chi connectivity index (χ0n) is 10.2. The van der Waals surface area contributed by atoms with Gasteiger partial charge < -0.3 is 5.73 Å². The van der Waals surface area contributed by atoms with Crippen LogP contribution in [-0.2, 0) is 10.0 Å². The molecule has 0 amide bonds. The smallest absolute Gasteiger partial charge is 0.264 e. The van der Waals surface area contributed by atoms with Crippen LogP contribution in [-0.4, -0.2) is 8.42 Å². The van der Waals surface area contributed by atoms with Crippen molar-refractivity contribution in [1.29, 1.82) is 0 Å². The first-order valence-corrected chi connectivity index (χ1v) is 7.67. The summed E-state index contributed by atoms with van der Waals surface area (Å²) in [5.74, 6) is -2.52. The maximum absolute atomic E-state index is 13.5. The number of rotatable bonds is 3. The average molecular weight is 353 g/mol. The molecule has 2 aromatic carbocycles. The minimum Gasteiger partial charge on any atom is -0.399 e. The summed E-state index contributed by atoms with van der Waals surface area (Å²) in [6.07, 6.45) is 0. The van der Waals surface area contributed by atoms with Crippen molar-refractivity contribution in [3.8, 4) is 0 Å². The van der Waals surface area contributed by atoms with Gasteiger partial charge in [0.05, 0.1) is 15.7 Å². The lowest BCUT2D eigenvalue weighted by Crippen LogP contribution is -2.15. The molecule has 0 aliphatic heterocycles. The largest absolute Gasteiger partial charge is 0.399 e. The molecular formula is C12H8Cl2F2N2O2S. The predicted octanol–water partition coefficient (Wildman–Crippen LogP) is 3.65. The van der Waals surface area contributed by atoms with Gasteiger partial charge in [-0.15, -0.1) is 0 Å². The molecule has 2 rings (SSSR count). The molecule has 4 nitrogen and oxygen atoms in total. The van der Waals surface area contributed by atoms with Crippen molar-refractivity contribution in [3.63, 3.8) is 0 Å². The van der Waals surface area contributed by atoms with Crippen molar-refractivity contribution in [1.82, 2.24) is 0 Å². The Labute approximate surface area is 129 Å². The summed E-state index contributed by atoms with van der Waals surface area (Å²) in [7, 11) is -4.31. The summed E-state index contributed by atoms with van der Waals surface area (Å²) in [6, 6.07) is 5.45. The molecule has 112 valence electrons. The van der Waals surface area contributed by atoms with Crippen molar-refractivity contribution < 1.29 is 17.2 Å². The van der Waals surface area contributed by atoms with E-state index < -0.39 is 32.2 Å². The molecule has 0 aromatic heterocycles. The van der Waals surface area contributed by atoms with E-state index in [-0.39, 0.29) is 15.7 Å². The molecule has 0 bridgehead atoms. The number of anilines is 2. The van der Waals surface area contributed by atoms with E-state index in [1.165, 1.54) is 12.1 Å². The quantitative estimate of drug-likeness (QED) is 0.828. The molecule has 9 heteroatoms. The topological polar surface area (TPSA) is 72.2 Å². The van der Waals surface area contributed by atoms with Crippen LogP contribution in [0.15, 0.2) is 35.2 Å². The molecule has 0 fully saturated rings. The second kappa shape index (κ2) is 5.67. The van der Waals surface area contributed by atoms with Crippen LogP contribution < -0.4 is 10.5 Å². The van der Waals surface area contributed by atoms with Crippen molar-refractivity contribution >= 4 is 44.6 Å². The molecule has 0 spiro atoms. The van der Waals surface area contributed by atoms with Crippen LogP contribution in [0.4, 0.5) is 20.2 Å². The van der Waals surface area contributed by atoms with Gasteiger partial charge in [0.15, 0.2) is 11.6 Å². The standard InChI is InChI=1S/C12H8Cl2F2N2O2S/c13-7-4-6(17)5-8(14)12(7)21(19,20)18-10-3-1-2-9(15)11(10)16/h1-5,18H,17H2. The number of halogens is 4. The van der Waals surface area contributed by atoms with Gasteiger partial charge in [0.2, 0.25) is 0 Å². The fourth-order valence-electron chi connectivity index (χ4n) is 1.61. The van der Waals surface area contributed by atoms with E-state index in [2.05, 4.69) is 0 Å². The zero-order valence-corrected chi connectivity index (χ0v) is 12.5. The summed E-state index contributed by atoms with van der Waals surface area (Å²) >= 11 is 11.6. The van der Waals surface area contributed by atoms with Crippen molar-refractivity contribution in [2.45, 2.75) is 4.90 Å². The van der Waals surface area contributed by atoms with Crippen LogP contribution in [0.2, 0.25) is 10.0 Å². The van der Waals surface area contributed by atoms with Crippen molar-refractivity contribution in [3.05, 3.63) is 52.0 Å². The molecule has 2 aromatic rings. The van der Waals surface area contributed by atoms with E-state index in [1.54, 1.807) is 0 Å². The Bertz CT molecular complexity index is 790. The van der Waals surface area contributed by atoms with Gasteiger partial charge in [-0.1, -0.05) is 29.3 Å². The predicted molar refractivity (Wildman–Crippen MR) is 78.0 cm³/mol. The second-order valence-corrected chi connectivity index (χ2v) is 6.45. The minimum atomic E-state index is -4.31. The maximum Gasteiger partial charge on any atom is 0.264 e. The van der Waals surface area contributed by atoms with E-state index in [0.29, 0.717) is 0 Å². The highest BCUT2D eigenvalue weighted by molar-refractivity contribution is 7.93. The van der Waals surface area contributed by atoms with Crippen molar-refractivity contribution in [2.24, 2.45) is 0 Å². The van der Waals surface area contributed by atoms with Gasteiger partial charge in [0, 0.05) is 5.69 Å². The summed E-state index contributed by atoms with van der Waals surface area (Å²) in [4.78, 5) is -0.469. The fourth-order valence-corrected chi connectivity index (χ4v) is 3.91. The lowest BCUT2D eigenvalue weighted by molar-refractivity contribution is 0.511. The molecule has 21 heavy (non-hydrogen) atoms. The highest BCUT2D eigenvalue weighted by atomic mass is 35.5. The first-order valence-electron chi connectivity index (χ1n) is 5.43. The lowest BCUT2D eigenvalue weighted by Gasteiger charge is -2.12. The minimum absolute atomic E-state index is 0.167. The normalized spacial score (nSPS) is 11.4. The van der Waals surface area contributed by atoms with Crippen LogP contribution in [0.1, 0.15) is 0 Å². The molecule has 0 aliphatic carbocycles. The van der Waals surface area contributed by atoms with Gasteiger partial charge in [-0.05, 0) is 24.3 Å². The fraction of sp³-hybridized carbons (Fsp3) is 0. The molecular weight excluding hydrogens is 345 g/mol.